The number of anilines is 1. The molecule has 2 rings (SSSR count). The second-order valence-corrected chi connectivity index (χ2v) is 7.15. The minimum absolute atomic E-state index is 0.454. The van der Waals surface area contributed by atoms with Crippen molar-refractivity contribution in [1.29, 1.82) is 0 Å². The molecule has 0 radical (unpaired) electrons. The number of hydrogen-bond donors (Lipinski definition) is 1. The van der Waals surface area contributed by atoms with E-state index >= 15 is 0 Å². The molecule has 0 aliphatic heterocycles. The van der Waals surface area contributed by atoms with Gasteiger partial charge >= 0.3 is 0 Å². The van der Waals surface area contributed by atoms with Crippen molar-refractivity contribution in [3.05, 3.63) is 5.82 Å². The zero-order chi connectivity index (χ0) is 13.2. The average Bonchev–Trinajstić information content (AvgIpc) is 2.77. The van der Waals surface area contributed by atoms with E-state index in [1.807, 2.05) is 0 Å². The third-order valence-corrected chi connectivity index (χ3v) is 4.77. The lowest BCUT2D eigenvalue weighted by molar-refractivity contribution is 0.167. The third-order valence-electron chi connectivity index (χ3n) is 4.09. The quantitative estimate of drug-likeness (QED) is 0.887. The predicted octanol–water partition coefficient (Wildman–Crippen LogP) is 4.29. The molecule has 1 aliphatic rings. The van der Waals surface area contributed by atoms with Crippen molar-refractivity contribution in [2.24, 2.45) is 11.3 Å². The number of aromatic nitrogens is 2. The largest absolute Gasteiger partial charge is 0.361 e. The molecule has 18 heavy (non-hydrogen) atoms. The maximum absolute atomic E-state index is 4.61. The SMILES string of the molecule is CCNc1nc(C2CCC(C(C)(C)C)CC2)ns1. The summed E-state index contributed by atoms with van der Waals surface area (Å²) in [4.78, 5) is 4.61. The maximum atomic E-state index is 4.61. The lowest BCUT2D eigenvalue weighted by atomic mass is 9.70. The molecule has 1 aromatic heterocycles. The lowest BCUT2D eigenvalue weighted by Crippen LogP contribution is -2.25. The van der Waals surface area contributed by atoms with Crippen molar-refractivity contribution in [3.8, 4) is 0 Å². The Morgan fingerprint density at radius 1 is 1.22 bits per heavy atom. The highest BCUT2D eigenvalue weighted by atomic mass is 32.1. The molecule has 102 valence electrons. The highest BCUT2D eigenvalue weighted by Gasteiger charge is 2.31. The van der Waals surface area contributed by atoms with Crippen LogP contribution in [0.15, 0.2) is 0 Å². The van der Waals surface area contributed by atoms with Gasteiger partial charge in [-0.15, -0.1) is 0 Å². The van der Waals surface area contributed by atoms with Crippen LogP contribution in [0.25, 0.3) is 0 Å². The number of nitrogens with zero attached hydrogens (tertiary/aromatic N) is 2. The number of hydrogen-bond acceptors (Lipinski definition) is 4. The first kappa shape index (κ1) is 13.8. The van der Waals surface area contributed by atoms with Crippen LogP contribution in [0.5, 0.6) is 0 Å². The Morgan fingerprint density at radius 3 is 2.44 bits per heavy atom. The first-order valence-electron chi connectivity index (χ1n) is 7.08. The Bertz CT molecular complexity index is 373. The summed E-state index contributed by atoms with van der Waals surface area (Å²) in [5, 5.41) is 4.22. The summed E-state index contributed by atoms with van der Waals surface area (Å²) in [6.45, 7) is 10.1. The van der Waals surface area contributed by atoms with Gasteiger partial charge in [-0.05, 0) is 43.9 Å². The van der Waals surface area contributed by atoms with Crippen LogP contribution >= 0.6 is 11.5 Å². The van der Waals surface area contributed by atoms with Crippen molar-refractivity contribution in [2.45, 2.75) is 59.3 Å². The predicted molar refractivity (Wildman–Crippen MR) is 78.2 cm³/mol. The van der Waals surface area contributed by atoms with E-state index in [4.69, 9.17) is 0 Å². The molecule has 1 aromatic rings. The molecule has 0 spiro atoms. The third kappa shape index (κ3) is 3.22. The summed E-state index contributed by atoms with van der Waals surface area (Å²) in [6, 6.07) is 0. The second-order valence-electron chi connectivity index (χ2n) is 6.40. The van der Waals surface area contributed by atoms with Crippen LogP contribution in [-0.2, 0) is 0 Å². The Morgan fingerprint density at radius 2 is 1.89 bits per heavy atom. The van der Waals surface area contributed by atoms with Gasteiger partial charge in [0.15, 0.2) is 0 Å². The molecule has 1 heterocycles. The lowest BCUT2D eigenvalue weighted by Gasteiger charge is -2.36. The summed E-state index contributed by atoms with van der Waals surface area (Å²) >= 11 is 1.50. The van der Waals surface area contributed by atoms with Crippen LogP contribution in [0.2, 0.25) is 0 Å². The molecule has 4 heteroatoms. The van der Waals surface area contributed by atoms with E-state index < -0.39 is 0 Å². The molecule has 0 bridgehead atoms. The average molecular weight is 267 g/mol. The van der Waals surface area contributed by atoms with Gasteiger partial charge < -0.3 is 5.32 Å². The minimum Gasteiger partial charge on any atom is -0.361 e. The van der Waals surface area contributed by atoms with E-state index in [2.05, 4.69) is 42.4 Å². The van der Waals surface area contributed by atoms with Crippen LogP contribution in [0.4, 0.5) is 5.13 Å². The highest BCUT2D eigenvalue weighted by molar-refractivity contribution is 7.09. The summed E-state index contributed by atoms with van der Waals surface area (Å²) in [6.07, 6.45) is 5.16. The Kier molecular flexibility index (Phi) is 4.25. The Hall–Kier alpha value is -0.640. The molecular weight excluding hydrogens is 242 g/mol. The maximum Gasteiger partial charge on any atom is 0.202 e. The molecular formula is C14H25N3S. The van der Waals surface area contributed by atoms with E-state index in [1.165, 1.54) is 37.2 Å². The molecule has 3 nitrogen and oxygen atoms in total. The van der Waals surface area contributed by atoms with Crippen molar-refractivity contribution in [3.63, 3.8) is 0 Å². The van der Waals surface area contributed by atoms with Gasteiger partial charge in [-0.1, -0.05) is 20.8 Å². The van der Waals surface area contributed by atoms with E-state index in [9.17, 15) is 0 Å². The summed E-state index contributed by atoms with van der Waals surface area (Å²) < 4.78 is 4.51. The van der Waals surface area contributed by atoms with Gasteiger partial charge in [0.2, 0.25) is 5.13 Å². The first-order chi connectivity index (χ1) is 8.50. The normalized spacial score (nSPS) is 25.1. The molecule has 0 saturated heterocycles. The van der Waals surface area contributed by atoms with Crippen molar-refractivity contribution in [2.75, 3.05) is 11.9 Å². The fraction of sp³-hybridized carbons (Fsp3) is 0.857. The van der Waals surface area contributed by atoms with Crippen LogP contribution in [0.3, 0.4) is 0 Å². The van der Waals surface area contributed by atoms with Crippen LogP contribution < -0.4 is 5.32 Å². The molecule has 1 aliphatic carbocycles. The van der Waals surface area contributed by atoms with Crippen LogP contribution in [0.1, 0.15) is 65.1 Å². The molecule has 1 saturated carbocycles. The van der Waals surface area contributed by atoms with Crippen molar-refractivity contribution < 1.29 is 0 Å². The van der Waals surface area contributed by atoms with E-state index in [1.54, 1.807) is 0 Å². The Labute approximate surface area is 115 Å². The zero-order valence-corrected chi connectivity index (χ0v) is 12.8. The van der Waals surface area contributed by atoms with Gasteiger partial charge in [-0.25, -0.2) is 4.98 Å². The minimum atomic E-state index is 0.454. The van der Waals surface area contributed by atoms with E-state index in [0.717, 1.165) is 23.4 Å². The topological polar surface area (TPSA) is 37.8 Å². The van der Waals surface area contributed by atoms with Gasteiger partial charge in [-0.3, -0.25) is 0 Å². The molecule has 0 aromatic carbocycles. The summed E-state index contributed by atoms with van der Waals surface area (Å²) in [5.41, 5.74) is 0.454. The molecule has 1 fully saturated rings. The fourth-order valence-corrected chi connectivity index (χ4v) is 3.55. The van der Waals surface area contributed by atoms with E-state index in [0.29, 0.717) is 11.3 Å². The first-order valence-corrected chi connectivity index (χ1v) is 7.85. The highest BCUT2D eigenvalue weighted by Crippen LogP contribution is 2.42. The van der Waals surface area contributed by atoms with Crippen LogP contribution in [-0.4, -0.2) is 15.9 Å². The Balaban J connectivity index is 1.92. The van der Waals surface area contributed by atoms with Crippen molar-refractivity contribution >= 4 is 16.7 Å². The van der Waals surface area contributed by atoms with Gasteiger partial charge in [-0.2, -0.15) is 4.37 Å². The summed E-state index contributed by atoms with van der Waals surface area (Å²) in [7, 11) is 0. The molecule has 0 atom stereocenters. The van der Waals surface area contributed by atoms with Crippen LogP contribution in [0, 0.1) is 11.3 Å². The fourth-order valence-electron chi connectivity index (χ4n) is 2.84. The second kappa shape index (κ2) is 5.55. The zero-order valence-electron chi connectivity index (χ0n) is 12.0. The number of nitrogens with one attached hydrogen (secondary N) is 1. The monoisotopic (exact) mass is 267 g/mol. The molecule has 0 amide bonds. The van der Waals surface area contributed by atoms with Gasteiger partial charge in [0.25, 0.3) is 0 Å². The van der Waals surface area contributed by atoms with Gasteiger partial charge in [0.05, 0.1) is 0 Å². The summed E-state index contributed by atoms with van der Waals surface area (Å²) in [5.74, 6) is 2.52. The van der Waals surface area contributed by atoms with Crippen molar-refractivity contribution in [1.82, 2.24) is 9.36 Å². The molecule has 1 N–H and O–H groups in total. The van der Waals surface area contributed by atoms with Gasteiger partial charge in [0.1, 0.15) is 5.82 Å². The van der Waals surface area contributed by atoms with E-state index in [-0.39, 0.29) is 0 Å². The smallest absolute Gasteiger partial charge is 0.202 e. The van der Waals surface area contributed by atoms with Gasteiger partial charge in [0, 0.05) is 24.0 Å². The standard InChI is InChI=1S/C14H25N3S/c1-5-15-13-16-12(17-18-13)10-6-8-11(9-7-10)14(2,3)4/h10-11H,5-9H2,1-4H3,(H,15,16,17). The number of rotatable bonds is 3. The molecule has 0 unspecified atom stereocenters.